The lowest BCUT2D eigenvalue weighted by molar-refractivity contribution is -0.111. The first-order chi connectivity index (χ1) is 16.4. The average Bonchev–Trinajstić information content (AvgIpc) is 3.50. The molecule has 34 heavy (non-hydrogen) atoms. The Morgan fingerprint density at radius 2 is 1.76 bits per heavy atom. The second-order valence-electron chi connectivity index (χ2n) is 7.03. The predicted octanol–water partition coefficient (Wildman–Crippen LogP) is 6.76. The van der Waals surface area contributed by atoms with E-state index < -0.39 is 5.91 Å². The van der Waals surface area contributed by atoms with Crippen molar-refractivity contribution >= 4 is 52.5 Å². The third kappa shape index (κ3) is 5.70. The molecule has 2 aromatic carbocycles. The van der Waals surface area contributed by atoms with Gasteiger partial charge in [0.2, 0.25) is 5.91 Å². The van der Waals surface area contributed by atoms with Gasteiger partial charge in [-0.2, -0.15) is 0 Å². The molecule has 0 aliphatic heterocycles. The van der Waals surface area contributed by atoms with E-state index in [9.17, 15) is 9.59 Å². The molecule has 0 saturated heterocycles. The molecule has 4 aromatic rings. The van der Waals surface area contributed by atoms with Crippen LogP contribution in [0.1, 0.15) is 16.3 Å². The fraction of sp³-hybridized carbons (Fsp3) is 0.0400. The number of nitrogens with one attached hydrogen (secondary N) is 2. The second kappa shape index (κ2) is 10.3. The SMILES string of the molecule is COc1cc(NC(=O)/C=C/c2ccc(-c3cc(Cl)cc(Cl)c3)o2)ccc1NC(=O)c1ccco1. The highest BCUT2D eigenvalue weighted by atomic mass is 35.5. The van der Waals surface area contributed by atoms with Crippen LogP contribution in [0.15, 0.2) is 81.8 Å². The molecule has 0 spiro atoms. The fourth-order valence-electron chi connectivity index (χ4n) is 3.10. The predicted molar refractivity (Wildman–Crippen MR) is 131 cm³/mol. The molecule has 0 unspecified atom stereocenters. The molecular formula is C25H18Cl2N2O5. The molecule has 2 aromatic heterocycles. The lowest BCUT2D eigenvalue weighted by atomic mass is 10.2. The lowest BCUT2D eigenvalue weighted by Gasteiger charge is -2.11. The third-order valence-electron chi connectivity index (χ3n) is 4.64. The zero-order valence-corrected chi connectivity index (χ0v) is 19.3. The van der Waals surface area contributed by atoms with Crippen molar-refractivity contribution < 1.29 is 23.2 Å². The summed E-state index contributed by atoms with van der Waals surface area (Å²) in [6.45, 7) is 0. The van der Waals surface area contributed by atoms with Crippen LogP contribution >= 0.6 is 23.2 Å². The Morgan fingerprint density at radius 1 is 0.971 bits per heavy atom. The van der Waals surface area contributed by atoms with Crippen LogP contribution in [0.5, 0.6) is 5.75 Å². The van der Waals surface area contributed by atoms with Crippen LogP contribution < -0.4 is 15.4 Å². The molecule has 0 fully saturated rings. The van der Waals surface area contributed by atoms with Gasteiger partial charge in [0.1, 0.15) is 17.3 Å². The molecule has 2 heterocycles. The Balaban J connectivity index is 1.41. The maximum atomic E-state index is 12.4. The smallest absolute Gasteiger partial charge is 0.291 e. The van der Waals surface area contributed by atoms with Crippen LogP contribution in [0.25, 0.3) is 17.4 Å². The summed E-state index contributed by atoms with van der Waals surface area (Å²) in [6, 6.07) is 16.6. The van der Waals surface area contributed by atoms with Crippen molar-refractivity contribution in [3.63, 3.8) is 0 Å². The molecule has 2 N–H and O–H groups in total. The number of furan rings is 2. The van der Waals surface area contributed by atoms with Gasteiger partial charge in [0.05, 0.1) is 19.1 Å². The maximum absolute atomic E-state index is 12.4. The van der Waals surface area contributed by atoms with Crippen LogP contribution in [-0.4, -0.2) is 18.9 Å². The second-order valence-corrected chi connectivity index (χ2v) is 7.90. The van der Waals surface area contributed by atoms with Gasteiger partial charge in [0.25, 0.3) is 5.91 Å². The highest BCUT2D eigenvalue weighted by Crippen LogP contribution is 2.30. The highest BCUT2D eigenvalue weighted by molar-refractivity contribution is 6.35. The van der Waals surface area contributed by atoms with E-state index in [4.69, 9.17) is 36.8 Å². The summed E-state index contributed by atoms with van der Waals surface area (Å²) in [6.07, 6.45) is 4.29. The normalized spacial score (nSPS) is 10.9. The summed E-state index contributed by atoms with van der Waals surface area (Å²) < 4.78 is 16.2. The Kier molecular flexibility index (Phi) is 7.06. The molecule has 4 rings (SSSR count). The Morgan fingerprint density at radius 3 is 2.47 bits per heavy atom. The van der Waals surface area contributed by atoms with Gasteiger partial charge < -0.3 is 24.2 Å². The fourth-order valence-corrected chi connectivity index (χ4v) is 3.63. The van der Waals surface area contributed by atoms with Crippen molar-refractivity contribution in [1.29, 1.82) is 0 Å². The number of rotatable bonds is 7. The largest absolute Gasteiger partial charge is 0.494 e. The van der Waals surface area contributed by atoms with E-state index in [-0.39, 0.29) is 11.7 Å². The Hall–Kier alpha value is -3.94. The maximum Gasteiger partial charge on any atom is 0.291 e. The van der Waals surface area contributed by atoms with Gasteiger partial charge in [-0.1, -0.05) is 23.2 Å². The van der Waals surface area contributed by atoms with E-state index in [0.29, 0.717) is 38.7 Å². The number of hydrogen-bond donors (Lipinski definition) is 2. The summed E-state index contributed by atoms with van der Waals surface area (Å²) in [5, 5.41) is 6.43. The minimum Gasteiger partial charge on any atom is -0.494 e. The van der Waals surface area contributed by atoms with E-state index >= 15 is 0 Å². The van der Waals surface area contributed by atoms with Gasteiger partial charge in [-0.15, -0.1) is 0 Å². The molecule has 0 saturated carbocycles. The molecule has 0 atom stereocenters. The molecule has 0 aliphatic carbocycles. The molecule has 2 amide bonds. The van der Waals surface area contributed by atoms with E-state index in [1.807, 2.05) is 0 Å². The average molecular weight is 497 g/mol. The molecule has 0 bridgehead atoms. The van der Waals surface area contributed by atoms with Gasteiger partial charge in [-0.05, 0) is 60.7 Å². The van der Waals surface area contributed by atoms with Crippen LogP contribution in [0, 0.1) is 0 Å². The summed E-state index contributed by atoms with van der Waals surface area (Å²) >= 11 is 12.1. The molecule has 7 nitrogen and oxygen atoms in total. The number of methoxy groups -OCH3 is 1. The number of carbonyl (C=O) groups excluding carboxylic acids is 2. The van der Waals surface area contributed by atoms with E-state index in [0.717, 1.165) is 5.56 Å². The van der Waals surface area contributed by atoms with Crippen molar-refractivity contribution in [2.75, 3.05) is 17.7 Å². The number of benzene rings is 2. The quantitative estimate of drug-likeness (QED) is 0.275. The zero-order valence-electron chi connectivity index (χ0n) is 17.8. The van der Waals surface area contributed by atoms with Crippen LogP contribution in [-0.2, 0) is 4.79 Å². The summed E-state index contributed by atoms with van der Waals surface area (Å²) in [5.74, 6) is 0.803. The standard InChI is InChI=1S/C25H18Cl2N2O5/c1-32-23-14-18(4-7-20(23)29-25(31)22-3-2-10-33-22)28-24(30)9-6-19-5-8-21(34-19)15-11-16(26)13-17(27)12-15/h2-14H,1H3,(H,28,30)(H,29,31)/b9-6+. The van der Waals surface area contributed by atoms with Gasteiger partial charge in [-0.25, -0.2) is 0 Å². The van der Waals surface area contributed by atoms with E-state index in [1.54, 1.807) is 66.7 Å². The molecule has 9 heteroatoms. The molecule has 172 valence electrons. The van der Waals surface area contributed by atoms with Crippen LogP contribution in [0.4, 0.5) is 11.4 Å². The first-order valence-electron chi connectivity index (χ1n) is 9.99. The molecular weight excluding hydrogens is 479 g/mol. The van der Waals surface area contributed by atoms with Crippen molar-refractivity contribution in [3.8, 4) is 17.1 Å². The monoisotopic (exact) mass is 496 g/mol. The van der Waals surface area contributed by atoms with Crippen LogP contribution in [0.2, 0.25) is 10.0 Å². The summed E-state index contributed by atoms with van der Waals surface area (Å²) in [5.41, 5.74) is 1.64. The number of anilines is 2. The van der Waals surface area contributed by atoms with Crippen LogP contribution in [0.3, 0.4) is 0 Å². The van der Waals surface area contributed by atoms with Crippen molar-refractivity contribution in [2.45, 2.75) is 0 Å². The highest BCUT2D eigenvalue weighted by Gasteiger charge is 2.13. The molecule has 0 radical (unpaired) electrons. The number of halogens is 2. The van der Waals surface area contributed by atoms with E-state index in [1.165, 1.54) is 19.4 Å². The number of hydrogen-bond acceptors (Lipinski definition) is 5. The topological polar surface area (TPSA) is 93.7 Å². The van der Waals surface area contributed by atoms with Crippen molar-refractivity contribution in [3.05, 3.63) is 94.6 Å². The number of amides is 2. The molecule has 0 aliphatic rings. The zero-order chi connectivity index (χ0) is 24.1. The van der Waals surface area contributed by atoms with Gasteiger partial charge in [-0.3, -0.25) is 9.59 Å². The minimum absolute atomic E-state index is 0.170. The van der Waals surface area contributed by atoms with Crippen molar-refractivity contribution in [1.82, 2.24) is 0 Å². The lowest BCUT2D eigenvalue weighted by Crippen LogP contribution is -2.12. The van der Waals surface area contributed by atoms with Gasteiger partial charge in [0.15, 0.2) is 5.76 Å². The first-order valence-corrected chi connectivity index (χ1v) is 10.7. The number of ether oxygens (including phenoxy) is 1. The third-order valence-corrected chi connectivity index (χ3v) is 5.07. The minimum atomic E-state index is -0.416. The van der Waals surface area contributed by atoms with Gasteiger partial charge >= 0.3 is 0 Å². The Bertz CT molecular complexity index is 1340. The first kappa shape index (κ1) is 23.2. The van der Waals surface area contributed by atoms with Gasteiger partial charge in [0, 0.05) is 33.4 Å². The summed E-state index contributed by atoms with van der Waals surface area (Å²) in [7, 11) is 1.46. The van der Waals surface area contributed by atoms with Crippen molar-refractivity contribution in [2.24, 2.45) is 0 Å². The van der Waals surface area contributed by atoms with E-state index in [2.05, 4.69) is 10.6 Å². The Labute approximate surface area is 204 Å². The number of carbonyl (C=O) groups is 2. The summed E-state index contributed by atoms with van der Waals surface area (Å²) in [4.78, 5) is 24.6.